The van der Waals surface area contributed by atoms with Gasteiger partial charge in [-0.05, 0) is 56.4 Å². The van der Waals surface area contributed by atoms with E-state index in [9.17, 15) is 0 Å². The molecule has 1 spiro atoms. The first-order chi connectivity index (χ1) is 8.66. The van der Waals surface area contributed by atoms with Crippen molar-refractivity contribution in [1.82, 2.24) is 4.90 Å². The van der Waals surface area contributed by atoms with E-state index in [0.29, 0.717) is 0 Å². The van der Waals surface area contributed by atoms with Crippen molar-refractivity contribution in [2.24, 2.45) is 11.1 Å². The van der Waals surface area contributed by atoms with E-state index in [2.05, 4.69) is 24.1 Å². The van der Waals surface area contributed by atoms with Gasteiger partial charge in [-0.15, -0.1) is 0 Å². The fourth-order valence-electron chi connectivity index (χ4n) is 3.62. The zero-order valence-electron chi connectivity index (χ0n) is 11.3. The molecule has 0 saturated carbocycles. The Labute approximate surface area is 109 Å². The largest absolute Gasteiger partial charge is 0.496 e. The minimum Gasteiger partial charge on any atom is -0.496 e. The van der Waals surface area contributed by atoms with Crippen LogP contribution in [0.25, 0.3) is 0 Å². The molecule has 3 nitrogen and oxygen atoms in total. The Morgan fingerprint density at radius 1 is 1.33 bits per heavy atom. The van der Waals surface area contributed by atoms with Gasteiger partial charge in [0.1, 0.15) is 5.75 Å². The van der Waals surface area contributed by atoms with Crippen LogP contribution in [0.5, 0.6) is 5.75 Å². The maximum absolute atomic E-state index is 6.58. The molecule has 0 unspecified atom stereocenters. The lowest BCUT2D eigenvalue weighted by molar-refractivity contribution is 0.105. The third-order valence-corrected chi connectivity index (χ3v) is 4.87. The van der Waals surface area contributed by atoms with E-state index in [1.165, 1.54) is 24.0 Å². The van der Waals surface area contributed by atoms with Gasteiger partial charge in [0, 0.05) is 11.6 Å². The molecule has 0 amide bonds. The summed E-state index contributed by atoms with van der Waals surface area (Å²) in [6, 6.07) is 6.47. The van der Waals surface area contributed by atoms with Gasteiger partial charge >= 0.3 is 0 Å². The number of hydrogen-bond donors (Lipinski definition) is 1. The number of ether oxygens (including phenoxy) is 1. The summed E-state index contributed by atoms with van der Waals surface area (Å²) in [4.78, 5) is 2.40. The number of fused-ring (bicyclic) bond motifs is 1. The SMILES string of the molecule is COc1cccc2c1[C@@H](N)C1(CCN(C)CC1)C2. The predicted octanol–water partition coefficient (Wildman–Crippen LogP) is 1.96. The van der Waals surface area contributed by atoms with Crippen molar-refractivity contribution in [2.75, 3.05) is 27.2 Å². The Hall–Kier alpha value is -1.06. The molecule has 0 radical (unpaired) electrons. The molecule has 1 aromatic carbocycles. The molecule has 2 N–H and O–H groups in total. The molecular weight excluding hydrogens is 224 g/mol. The van der Waals surface area contributed by atoms with Gasteiger partial charge in [0.05, 0.1) is 7.11 Å². The highest BCUT2D eigenvalue weighted by Gasteiger charge is 2.46. The van der Waals surface area contributed by atoms with Crippen molar-refractivity contribution >= 4 is 0 Å². The molecule has 3 heteroatoms. The number of hydrogen-bond acceptors (Lipinski definition) is 3. The molecular formula is C15H22N2O. The minimum absolute atomic E-state index is 0.136. The van der Waals surface area contributed by atoms with E-state index in [4.69, 9.17) is 10.5 Å². The number of rotatable bonds is 1. The summed E-state index contributed by atoms with van der Waals surface area (Å²) in [7, 11) is 3.93. The van der Waals surface area contributed by atoms with Crippen molar-refractivity contribution in [3.63, 3.8) is 0 Å². The Morgan fingerprint density at radius 2 is 2.06 bits per heavy atom. The molecule has 98 valence electrons. The van der Waals surface area contributed by atoms with Gasteiger partial charge in [-0.25, -0.2) is 0 Å². The van der Waals surface area contributed by atoms with Crippen LogP contribution in [0.15, 0.2) is 18.2 Å². The summed E-state index contributed by atoms with van der Waals surface area (Å²) in [5, 5.41) is 0. The van der Waals surface area contributed by atoms with Crippen LogP contribution in [-0.2, 0) is 6.42 Å². The average Bonchev–Trinajstić information content (AvgIpc) is 2.67. The second-order valence-corrected chi connectivity index (χ2v) is 5.85. The number of nitrogens with two attached hydrogens (primary N) is 1. The van der Waals surface area contributed by atoms with Crippen LogP contribution in [0.2, 0.25) is 0 Å². The summed E-state index contributed by atoms with van der Waals surface area (Å²) < 4.78 is 5.49. The average molecular weight is 246 g/mol. The van der Waals surface area contributed by atoms with Gasteiger partial charge in [-0.1, -0.05) is 12.1 Å². The Morgan fingerprint density at radius 3 is 2.72 bits per heavy atom. The summed E-state index contributed by atoms with van der Waals surface area (Å²) in [6.45, 7) is 2.31. The van der Waals surface area contributed by atoms with Crippen LogP contribution < -0.4 is 10.5 Å². The summed E-state index contributed by atoms with van der Waals surface area (Å²) in [5.41, 5.74) is 9.50. The Kier molecular flexibility index (Phi) is 2.83. The Balaban J connectivity index is 1.96. The van der Waals surface area contributed by atoms with Crippen LogP contribution in [0, 0.1) is 5.41 Å². The van der Waals surface area contributed by atoms with Crippen molar-refractivity contribution in [3.8, 4) is 5.75 Å². The Bertz CT molecular complexity index is 450. The van der Waals surface area contributed by atoms with Gasteiger partial charge in [-0.3, -0.25) is 0 Å². The lowest BCUT2D eigenvalue weighted by atomic mass is 9.73. The maximum atomic E-state index is 6.58. The summed E-state index contributed by atoms with van der Waals surface area (Å²) in [6.07, 6.45) is 3.51. The molecule has 1 aliphatic heterocycles. The second kappa shape index (κ2) is 4.25. The smallest absolute Gasteiger partial charge is 0.123 e. The maximum Gasteiger partial charge on any atom is 0.123 e. The fraction of sp³-hybridized carbons (Fsp3) is 0.600. The van der Waals surface area contributed by atoms with Crippen LogP contribution in [0.4, 0.5) is 0 Å². The van der Waals surface area contributed by atoms with Gasteiger partial charge in [0.15, 0.2) is 0 Å². The molecule has 1 aromatic rings. The number of benzene rings is 1. The second-order valence-electron chi connectivity index (χ2n) is 5.85. The number of likely N-dealkylation sites (tertiary alicyclic amines) is 1. The van der Waals surface area contributed by atoms with Gasteiger partial charge < -0.3 is 15.4 Å². The third-order valence-electron chi connectivity index (χ3n) is 4.87. The van der Waals surface area contributed by atoms with E-state index in [1.54, 1.807) is 7.11 Å². The van der Waals surface area contributed by atoms with Gasteiger partial charge in [0.2, 0.25) is 0 Å². The number of methoxy groups -OCH3 is 1. The fourth-order valence-corrected chi connectivity index (χ4v) is 3.62. The first kappa shape index (κ1) is 12.0. The molecule has 1 aliphatic carbocycles. The van der Waals surface area contributed by atoms with Crippen LogP contribution in [-0.4, -0.2) is 32.1 Å². The van der Waals surface area contributed by atoms with Gasteiger partial charge in [-0.2, -0.15) is 0 Å². The topological polar surface area (TPSA) is 38.5 Å². The van der Waals surface area contributed by atoms with E-state index >= 15 is 0 Å². The van der Waals surface area contributed by atoms with E-state index in [1.807, 2.05) is 6.07 Å². The third kappa shape index (κ3) is 1.65. The van der Waals surface area contributed by atoms with E-state index in [-0.39, 0.29) is 11.5 Å². The van der Waals surface area contributed by atoms with Crippen molar-refractivity contribution in [2.45, 2.75) is 25.3 Å². The minimum atomic E-state index is 0.136. The van der Waals surface area contributed by atoms with Crippen molar-refractivity contribution in [1.29, 1.82) is 0 Å². The lowest BCUT2D eigenvalue weighted by Crippen LogP contribution is -2.42. The molecule has 3 rings (SSSR count). The van der Waals surface area contributed by atoms with Crippen molar-refractivity contribution < 1.29 is 4.74 Å². The van der Waals surface area contributed by atoms with Crippen LogP contribution >= 0.6 is 0 Å². The zero-order valence-corrected chi connectivity index (χ0v) is 11.3. The van der Waals surface area contributed by atoms with Gasteiger partial charge in [0.25, 0.3) is 0 Å². The van der Waals surface area contributed by atoms with E-state index in [0.717, 1.165) is 25.3 Å². The summed E-state index contributed by atoms with van der Waals surface area (Å²) >= 11 is 0. The molecule has 0 aromatic heterocycles. The molecule has 1 saturated heterocycles. The highest BCUT2D eigenvalue weighted by Crippen LogP contribution is 2.52. The molecule has 18 heavy (non-hydrogen) atoms. The first-order valence-corrected chi connectivity index (χ1v) is 6.76. The number of nitrogens with zero attached hydrogens (tertiary/aromatic N) is 1. The molecule has 0 bridgehead atoms. The van der Waals surface area contributed by atoms with Crippen molar-refractivity contribution in [3.05, 3.63) is 29.3 Å². The molecule has 2 aliphatic rings. The summed E-state index contributed by atoms with van der Waals surface area (Å²) in [5.74, 6) is 0.968. The monoisotopic (exact) mass is 246 g/mol. The highest BCUT2D eigenvalue weighted by molar-refractivity contribution is 5.48. The normalized spacial score (nSPS) is 26.3. The van der Waals surface area contributed by atoms with Crippen LogP contribution in [0.3, 0.4) is 0 Å². The number of piperidine rings is 1. The highest BCUT2D eigenvalue weighted by atomic mass is 16.5. The quantitative estimate of drug-likeness (QED) is 0.823. The first-order valence-electron chi connectivity index (χ1n) is 6.76. The lowest BCUT2D eigenvalue weighted by Gasteiger charge is -2.41. The predicted molar refractivity (Wildman–Crippen MR) is 72.8 cm³/mol. The van der Waals surface area contributed by atoms with Crippen LogP contribution in [0.1, 0.15) is 30.0 Å². The molecule has 1 fully saturated rings. The molecule has 1 heterocycles. The van der Waals surface area contributed by atoms with E-state index < -0.39 is 0 Å². The zero-order chi connectivity index (χ0) is 12.8. The standard InChI is InChI=1S/C15H22N2O/c1-17-8-6-15(7-9-17)10-11-4-3-5-12(18-2)13(11)14(15)16/h3-5,14H,6-10,16H2,1-2H3/t14-/m1/s1. The molecule has 1 atom stereocenters.